The lowest BCUT2D eigenvalue weighted by molar-refractivity contribution is -0.385. The molecule has 3 atom stereocenters. The van der Waals surface area contributed by atoms with Gasteiger partial charge in [-0.15, -0.1) is 0 Å². The summed E-state index contributed by atoms with van der Waals surface area (Å²) in [4.78, 5) is 12.9. The number of para-hydroxylation sites is 1. The average Bonchev–Trinajstić information content (AvgIpc) is 3.00. The Labute approximate surface area is 117 Å². The summed E-state index contributed by atoms with van der Waals surface area (Å²) in [7, 11) is 1.44. The summed E-state index contributed by atoms with van der Waals surface area (Å²) in [6.45, 7) is 1.45. The van der Waals surface area contributed by atoms with Crippen LogP contribution in [0.1, 0.15) is 12.8 Å². The second kappa shape index (κ2) is 4.94. The second-order valence-electron chi connectivity index (χ2n) is 5.56. The minimum absolute atomic E-state index is 0.0180. The number of nitro benzene ring substituents is 1. The van der Waals surface area contributed by atoms with Crippen molar-refractivity contribution in [2.24, 2.45) is 11.8 Å². The number of rotatable bonds is 3. The third-order valence-corrected chi connectivity index (χ3v) is 4.54. The van der Waals surface area contributed by atoms with Crippen molar-refractivity contribution in [3.8, 4) is 5.75 Å². The summed E-state index contributed by atoms with van der Waals surface area (Å²) in [5.41, 5.74) is 0.611. The maximum Gasteiger partial charge on any atom is 0.333 e. The molecule has 2 fully saturated rings. The molecule has 1 saturated heterocycles. The van der Waals surface area contributed by atoms with Gasteiger partial charge in [-0.1, -0.05) is 6.07 Å². The monoisotopic (exact) mass is 278 g/mol. The first-order valence-electron chi connectivity index (χ1n) is 6.86. The van der Waals surface area contributed by atoms with Gasteiger partial charge < -0.3 is 14.7 Å². The Morgan fingerprint density at radius 1 is 1.40 bits per heavy atom. The summed E-state index contributed by atoms with van der Waals surface area (Å²) < 4.78 is 5.10. The molecular weight excluding hydrogens is 260 g/mol. The number of methoxy groups -OCH3 is 1. The van der Waals surface area contributed by atoms with Gasteiger partial charge in [0.25, 0.3) is 0 Å². The van der Waals surface area contributed by atoms with Crippen LogP contribution in [0.15, 0.2) is 18.2 Å². The van der Waals surface area contributed by atoms with Crippen LogP contribution < -0.4 is 9.64 Å². The fourth-order valence-electron chi connectivity index (χ4n) is 3.55. The smallest absolute Gasteiger partial charge is 0.333 e. The summed E-state index contributed by atoms with van der Waals surface area (Å²) >= 11 is 0. The number of ether oxygens (including phenoxy) is 1. The van der Waals surface area contributed by atoms with E-state index in [0.717, 1.165) is 19.4 Å². The van der Waals surface area contributed by atoms with Crippen LogP contribution in [0, 0.1) is 22.0 Å². The van der Waals surface area contributed by atoms with E-state index in [1.54, 1.807) is 18.2 Å². The maximum absolute atomic E-state index is 11.3. The predicted octanol–water partition coefficient (Wildman–Crippen LogP) is 1.81. The molecule has 6 heteroatoms. The van der Waals surface area contributed by atoms with Crippen molar-refractivity contribution in [2.45, 2.75) is 18.9 Å². The van der Waals surface area contributed by atoms with Crippen LogP contribution in [0.2, 0.25) is 0 Å². The van der Waals surface area contributed by atoms with E-state index in [9.17, 15) is 15.2 Å². The molecule has 3 unspecified atom stereocenters. The van der Waals surface area contributed by atoms with E-state index in [1.165, 1.54) is 7.11 Å². The molecule has 1 aromatic rings. The van der Waals surface area contributed by atoms with Crippen molar-refractivity contribution < 1.29 is 14.8 Å². The van der Waals surface area contributed by atoms with Gasteiger partial charge in [0.05, 0.1) is 18.1 Å². The number of benzene rings is 1. The van der Waals surface area contributed by atoms with E-state index in [4.69, 9.17) is 4.74 Å². The van der Waals surface area contributed by atoms with Crippen LogP contribution in [0.5, 0.6) is 5.75 Å². The standard InChI is InChI=1S/C14H18N2O4/c1-20-13-4-2-3-11(14(13)16(18)19)15-7-9-5-6-12(17)10(9)8-15/h2-4,9-10,12,17H,5-8H2,1H3. The van der Waals surface area contributed by atoms with Gasteiger partial charge in [0.1, 0.15) is 5.69 Å². The van der Waals surface area contributed by atoms with Gasteiger partial charge in [-0.25, -0.2) is 0 Å². The Morgan fingerprint density at radius 3 is 2.85 bits per heavy atom. The average molecular weight is 278 g/mol. The normalized spacial score (nSPS) is 28.5. The number of nitro groups is 1. The minimum atomic E-state index is -0.390. The molecule has 1 N–H and O–H groups in total. The predicted molar refractivity (Wildman–Crippen MR) is 74.1 cm³/mol. The van der Waals surface area contributed by atoms with Crippen molar-refractivity contribution in [1.82, 2.24) is 0 Å². The van der Waals surface area contributed by atoms with Crippen molar-refractivity contribution in [3.05, 3.63) is 28.3 Å². The number of nitrogens with zero attached hydrogens (tertiary/aromatic N) is 2. The second-order valence-corrected chi connectivity index (χ2v) is 5.56. The lowest BCUT2D eigenvalue weighted by atomic mass is 10.00. The highest BCUT2D eigenvalue weighted by Gasteiger charge is 2.43. The molecule has 20 heavy (non-hydrogen) atoms. The van der Waals surface area contributed by atoms with E-state index < -0.39 is 4.92 Å². The highest BCUT2D eigenvalue weighted by molar-refractivity contribution is 5.70. The highest BCUT2D eigenvalue weighted by Crippen LogP contribution is 2.44. The summed E-state index contributed by atoms with van der Waals surface area (Å²) in [5, 5.41) is 21.3. The fourth-order valence-corrected chi connectivity index (χ4v) is 3.55. The third kappa shape index (κ3) is 2.00. The van der Waals surface area contributed by atoms with Crippen LogP contribution >= 0.6 is 0 Å². The Kier molecular flexibility index (Phi) is 3.25. The topological polar surface area (TPSA) is 75.8 Å². The zero-order valence-electron chi connectivity index (χ0n) is 11.4. The molecule has 0 radical (unpaired) electrons. The number of anilines is 1. The van der Waals surface area contributed by atoms with E-state index in [1.807, 2.05) is 4.90 Å². The van der Waals surface area contributed by atoms with Gasteiger partial charge in [-0.05, 0) is 30.9 Å². The lowest BCUT2D eigenvalue weighted by Crippen LogP contribution is -2.25. The highest BCUT2D eigenvalue weighted by atomic mass is 16.6. The molecule has 1 aliphatic carbocycles. The van der Waals surface area contributed by atoms with E-state index in [-0.39, 0.29) is 23.5 Å². The van der Waals surface area contributed by atoms with Gasteiger partial charge >= 0.3 is 5.69 Å². The zero-order valence-corrected chi connectivity index (χ0v) is 11.4. The molecule has 1 saturated carbocycles. The number of hydrogen-bond acceptors (Lipinski definition) is 5. The Balaban J connectivity index is 1.93. The molecule has 0 bridgehead atoms. The minimum Gasteiger partial charge on any atom is -0.490 e. The first-order valence-corrected chi connectivity index (χ1v) is 6.86. The fraction of sp³-hybridized carbons (Fsp3) is 0.571. The number of aliphatic hydroxyl groups excluding tert-OH is 1. The van der Waals surface area contributed by atoms with Crippen LogP contribution in [0.25, 0.3) is 0 Å². The van der Waals surface area contributed by atoms with Gasteiger partial charge in [0.2, 0.25) is 0 Å². The first kappa shape index (κ1) is 13.2. The van der Waals surface area contributed by atoms with Gasteiger partial charge in [0.15, 0.2) is 5.75 Å². The lowest BCUT2D eigenvalue weighted by Gasteiger charge is -2.21. The molecule has 1 heterocycles. The molecule has 0 spiro atoms. The molecule has 108 valence electrons. The van der Waals surface area contributed by atoms with E-state index >= 15 is 0 Å². The molecule has 6 nitrogen and oxygen atoms in total. The molecule has 2 aliphatic rings. The Bertz CT molecular complexity index is 534. The van der Waals surface area contributed by atoms with Crippen LogP contribution in [-0.4, -0.2) is 36.3 Å². The van der Waals surface area contributed by atoms with Crippen LogP contribution in [0.4, 0.5) is 11.4 Å². The quantitative estimate of drug-likeness (QED) is 0.674. The maximum atomic E-state index is 11.3. The first-order chi connectivity index (χ1) is 9.61. The number of fused-ring (bicyclic) bond motifs is 1. The SMILES string of the molecule is COc1cccc(N2CC3CCC(O)C3C2)c1[N+](=O)[O-]. The molecule has 1 aromatic carbocycles. The van der Waals surface area contributed by atoms with Crippen molar-refractivity contribution in [2.75, 3.05) is 25.1 Å². The van der Waals surface area contributed by atoms with Crippen molar-refractivity contribution in [1.29, 1.82) is 0 Å². The Hall–Kier alpha value is -1.82. The van der Waals surface area contributed by atoms with Crippen LogP contribution in [0.3, 0.4) is 0 Å². The molecular formula is C14H18N2O4. The Morgan fingerprint density at radius 2 is 2.20 bits per heavy atom. The molecule has 3 rings (SSSR count). The van der Waals surface area contributed by atoms with Crippen molar-refractivity contribution >= 4 is 11.4 Å². The van der Waals surface area contributed by atoms with E-state index in [0.29, 0.717) is 18.2 Å². The zero-order chi connectivity index (χ0) is 14.3. The molecule has 0 amide bonds. The summed E-state index contributed by atoms with van der Waals surface area (Å²) in [6, 6.07) is 5.13. The van der Waals surface area contributed by atoms with Gasteiger partial charge in [-0.2, -0.15) is 0 Å². The third-order valence-electron chi connectivity index (χ3n) is 4.54. The number of hydrogen-bond donors (Lipinski definition) is 1. The van der Waals surface area contributed by atoms with Crippen molar-refractivity contribution in [3.63, 3.8) is 0 Å². The number of aliphatic hydroxyl groups is 1. The summed E-state index contributed by atoms with van der Waals surface area (Å²) in [5.74, 6) is 0.960. The van der Waals surface area contributed by atoms with Gasteiger partial charge in [-0.3, -0.25) is 10.1 Å². The molecule has 1 aliphatic heterocycles. The molecule has 0 aromatic heterocycles. The van der Waals surface area contributed by atoms with E-state index in [2.05, 4.69) is 0 Å². The largest absolute Gasteiger partial charge is 0.490 e. The van der Waals surface area contributed by atoms with Gasteiger partial charge in [0, 0.05) is 19.0 Å². The summed E-state index contributed by atoms with van der Waals surface area (Å²) in [6.07, 6.45) is 1.58. The van der Waals surface area contributed by atoms with Crippen LogP contribution in [-0.2, 0) is 0 Å².